The van der Waals surface area contributed by atoms with Crippen molar-refractivity contribution in [1.82, 2.24) is 0 Å². The number of nitriles is 1. The summed E-state index contributed by atoms with van der Waals surface area (Å²) in [6.07, 6.45) is 0.757. The van der Waals surface area contributed by atoms with Gasteiger partial charge in [-0.25, -0.2) is 0 Å². The van der Waals surface area contributed by atoms with Crippen LogP contribution in [0.4, 0.5) is 5.69 Å². The number of benzene rings is 1. The third-order valence-electron chi connectivity index (χ3n) is 2.67. The number of hydrogen-bond donors (Lipinski definition) is 1. The van der Waals surface area contributed by atoms with Crippen molar-refractivity contribution in [3.05, 3.63) is 29.8 Å². The van der Waals surface area contributed by atoms with E-state index in [-0.39, 0.29) is 0 Å². The van der Waals surface area contributed by atoms with Gasteiger partial charge in [-0.05, 0) is 24.1 Å². The van der Waals surface area contributed by atoms with E-state index in [0.29, 0.717) is 18.9 Å². The Morgan fingerprint density at radius 1 is 1.50 bits per heavy atom. The summed E-state index contributed by atoms with van der Waals surface area (Å²) in [7, 11) is 0. The van der Waals surface area contributed by atoms with Crippen LogP contribution in [-0.2, 0) is 10.2 Å². The Hall–Kier alpha value is -1.53. The molecule has 14 heavy (non-hydrogen) atoms. The van der Waals surface area contributed by atoms with Gasteiger partial charge >= 0.3 is 0 Å². The molecule has 0 amide bonds. The van der Waals surface area contributed by atoms with Crippen molar-refractivity contribution in [1.29, 1.82) is 5.26 Å². The normalized spacial score (nSPS) is 25.9. The van der Waals surface area contributed by atoms with Crippen molar-refractivity contribution in [2.75, 3.05) is 18.9 Å². The fourth-order valence-electron chi connectivity index (χ4n) is 1.78. The highest BCUT2D eigenvalue weighted by Gasteiger charge is 2.36. The first kappa shape index (κ1) is 9.04. The van der Waals surface area contributed by atoms with Crippen molar-refractivity contribution < 1.29 is 4.74 Å². The molecule has 1 atom stereocenters. The largest absolute Gasteiger partial charge is 0.399 e. The fraction of sp³-hybridized carbons (Fsp3) is 0.364. The first-order valence-corrected chi connectivity index (χ1v) is 4.62. The van der Waals surface area contributed by atoms with E-state index >= 15 is 0 Å². The van der Waals surface area contributed by atoms with Crippen LogP contribution in [0.3, 0.4) is 0 Å². The molecule has 0 aromatic heterocycles. The summed E-state index contributed by atoms with van der Waals surface area (Å²) < 4.78 is 5.28. The molecule has 1 aliphatic heterocycles. The van der Waals surface area contributed by atoms with Gasteiger partial charge in [0.25, 0.3) is 0 Å². The first-order chi connectivity index (χ1) is 6.77. The van der Waals surface area contributed by atoms with Gasteiger partial charge in [0.05, 0.1) is 12.7 Å². The predicted octanol–water partition coefficient (Wildman–Crippen LogP) is 1.45. The van der Waals surface area contributed by atoms with Crippen LogP contribution < -0.4 is 5.73 Å². The maximum Gasteiger partial charge on any atom is 0.108 e. The second-order valence-electron chi connectivity index (χ2n) is 3.62. The molecule has 1 fully saturated rings. The van der Waals surface area contributed by atoms with Gasteiger partial charge in [0, 0.05) is 12.3 Å². The van der Waals surface area contributed by atoms with E-state index in [4.69, 9.17) is 10.5 Å². The third kappa shape index (κ3) is 1.34. The maximum absolute atomic E-state index is 9.19. The summed E-state index contributed by atoms with van der Waals surface area (Å²) >= 11 is 0. The average molecular weight is 188 g/mol. The quantitative estimate of drug-likeness (QED) is 0.678. The van der Waals surface area contributed by atoms with Crippen LogP contribution in [0.2, 0.25) is 0 Å². The molecular weight excluding hydrogens is 176 g/mol. The molecule has 2 N–H and O–H groups in total. The highest BCUT2D eigenvalue weighted by Crippen LogP contribution is 2.33. The molecule has 72 valence electrons. The van der Waals surface area contributed by atoms with Crippen LogP contribution in [0, 0.1) is 11.3 Å². The Labute approximate surface area is 83.1 Å². The van der Waals surface area contributed by atoms with E-state index in [0.717, 1.165) is 12.0 Å². The summed E-state index contributed by atoms with van der Waals surface area (Å²) in [6.45, 7) is 1.13. The summed E-state index contributed by atoms with van der Waals surface area (Å²) in [5.74, 6) is 0. The van der Waals surface area contributed by atoms with Gasteiger partial charge in [-0.1, -0.05) is 12.1 Å². The molecule has 1 saturated heterocycles. The average Bonchev–Trinajstić information content (AvgIpc) is 2.67. The Balaban J connectivity index is 2.42. The van der Waals surface area contributed by atoms with E-state index in [9.17, 15) is 5.26 Å². The molecule has 2 rings (SSSR count). The van der Waals surface area contributed by atoms with Gasteiger partial charge in [-0.15, -0.1) is 0 Å². The Kier molecular flexibility index (Phi) is 2.14. The van der Waals surface area contributed by atoms with E-state index in [1.165, 1.54) is 0 Å². The molecule has 0 radical (unpaired) electrons. The van der Waals surface area contributed by atoms with Crippen LogP contribution >= 0.6 is 0 Å². The topological polar surface area (TPSA) is 59.0 Å². The zero-order valence-corrected chi connectivity index (χ0v) is 7.86. The van der Waals surface area contributed by atoms with Crippen LogP contribution in [0.25, 0.3) is 0 Å². The van der Waals surface area contributed by atoms with Gasteiger partial charge in [-0.2, -0.15) is 5.26 Å². The minimum Gasteiger partial charge on any atom is -0.399 e. The lowest BCUT2D eigenvalue weighted by atomic mass is 9.81. The zero-order chi connectivity index (χ0) is 10.0. The van der Waals surface area contributed by atoms with E-state index in [1.54, 1.807) is 0 Å². The summed E-state index contributed by atoms with van der Waals surface area (Å²) in [5.41, 5.74) is 6.88. The van der Waals surface area contributed by atoms with Crippen LogP contribution in [-0.4, -0.2) is 13.2 Å². The number of anilines is 1. The smallest absolute Gasteiger partial charge is 0.108 e. The number of rotatable bonds is 1. The molecule has 0 spiro atoms. The molecule has 0 saturated carbocycles. The fourth-order valence-corrected chi connectivity index (χ4v) is 1.78. The van der Waals surface area contributed by atoms with Crippen molar-refractivity contribution >= 4 is 5.69 Å². The molecule has 3 heteroatoms. The molecule has 1 aromatic rings. The third-order valence-corrected chi connectivity index (χ3v) is 2.67. The molecule has 0 aliphatic carbocycles. The highest BCUT2D eigenvalue weighted by molar-refractivity contribution is 5.46. The lowest BCUT2D eigenvalue weighted by molar-refractivity contribution is 0.186. The van der Waals surface area contributed by atoms with Crippen LogP contribution in [0.1, 0.15) is 12.0 Å². The van der Waals surface area contributed by atoms with Crippen LogP contribution in [0.15, 0.2) is 24.3 Å². The second-order valence-corrected chi connectivity index (χ2v) is 3.62. The number of hydrogen-bond acceptors (Lipinski definition) is 3. The SMILES string of the molecule is N#C[C@]1(c2cccc(N)c2)CCOC1. The maximum atomic E-state index is 9.19. The molecule has 1 aliphatic rings. The Bertz CT molecular complexity index is 375. The van der Waals surface area contributed by atoms with Gasteiger partial charge in [0.2, 0.25) is 0 Å². The molecule has 3 nitrogen and oxygen atoms in total. The van der Waals surface area contributed by atoms with Gasteiger partial charge in [-0.3, -0.25) is 0 Å². The summed E-state index contributed by atoms with van der Waals surface area (Å²) in [5, 5.41) is 9.19. The van der Waals surface area contributed by atoms with Crippen molar-refractivity contribution in [3.63, 3.8) is 0 Å². The number of nitrogens with two attached hydrogens (primary N) is 1. The van der Waals surface area contributed by atoms with Crippen molar-refractivity contribution in [2.24, 2.45) is 0 Å². The number of nitrogens with zero attached hydrogens (tertiary/aromatic N) is 1. The van der Waals surface area contributed by atoms with Crippen molar-refractivity contribution in [3.8, 4) is 6.07 Å². The van der Waals surface area contributed by atoms with Gasteiger partial charge < -0.3 is 10.5 Å². The van der Waals surface area contributed by atoms with Gasteiger partial charge in [0.15, 0.2) is 0 Å². The van der Waals surface area contributed by atoms with Gasteiger partial charge in [0.1, 0.15) is 5.41 Å². The molecule has 0 unspecified atom stereocenters. The highest BCUT2D eigenvalue weighted by atomic mass is 16.5. The number of ether oxygens (including phenoxy) is 1. The first-order valence-electron chi connectivity index (χ1n) is 4.62. The minimum absolute atomic E-state index is 0.477. The molecule has 0 bridgehead atoms. The van der Waals surface area contributed by atoms with E-state index in [1.807, 2.05) is 24.3 Å². The van der Waals surface area contributed by atoms with E-state index < -0.39 is 5.41 Å². The standard InChI is InChI=1S/C11H12N2O/c12-7-11(4-5-14-8-11)9-2-1-3-10(13)6-9/h1-3,6H,4-5,8,13H2/t11-/m1/s1. The summed E-state index contributed by atoms with van der Waals surface area (Å²) in [6, 6.07) is 9.84. The molecular formula is C11H12N2O. The minimum atomic E-state index is -0.477. The monoisotopic (exact) mass is 188 g/mol. The lowest BCUT2D eigenvalue weighted by Gasteiger charge is -2.18. The number of nitrogen functional groups attached to an aromatic ring is 1. The molecule has 1 aromatic carbocycles. The van der Waals surface area contributed by atoms with Crippen LogP contribution in [0.5, 0.6) is 0 Å². The summed E-state index contributed by atoms with van der Waals surface area (Å²) in [4.78, 5) is 0. The lowest BCUT2D eigenvalue weighted by Crippen LogP contribution is -2.24. The zero-order valence-electron chi connectivity index (χ0n) is 7.86. The van der Waals surface area contributed by atoms with Crippen molar-refractivity contribution in [2.45, 2.75) is 11.8 Å². The Morgan fingerprint density at radius 2 is 2.36 bits per heavy atom. The van der Waals surface area contributed by atoms with E-state index in [2.05, 4.69) is 6.07 Å². The molecule has 1 heterocycles. The second kappa shape index (κ2) is 3.32. The Morgan fingerprint density at radius 3 is 2.93 bits per heavy atom. The predicted molar refractivity (Wildman–Crippen MR) is 53.6 cm³/mol.